The van der Waals surface area contributed by atoms with Crippen LogP contribution in [0.3, 0.4) is 0 Å². The first-order chi connectivity index (χ1) is 51.7. The molecule has 9 aromatic carbocycles. The van der Waals surface area contributed by atoms with Crippen LogP contribution in [-0.2, 0) is 22.7 Å². The van der Waals surface area contributed by atoms with Gasteiger partial charge in [-0.3, -0.25) is 34.9 Å². The zero-order chi connectivity index (χ0) is 72.2. The van der Waals surface area contributed by atoms with Gasteiger partial charge in [-0.1, -0.05) is 224 Å². The van der Waals surface area contributed by atoms with E-state index in [1.165, 1.54) is 108 Å². The first-order valence-corrected chi connectivity index (χ1v) is 37.8. The van der Waals surface area contributed by atoms with Gasteiger partial charge >= 0.3 is 0 Å². The van der Waals surface area contributed by atoms with Crippen molar-refractivity contribution >= 4 is 54.9 Å². The largest absolute Gasteiger partial charge is 0.456 e. The third kappa shape index (κ3) is 10.8. The Kier molecular flexibility index (Phi) is 16.2. The Hall–Kier alpha value is -12.0. The predicted octanol–water partition coefficient (Wildman–Crippen LogP) is 25.1. The second-order valence-electron chi connectivity index (χ2n) is 29.4. The number of ether oxygens (including phenoxy) is 1. The number of para-hydroxylation sites is 1. The number of fused-ring (bicyclic) bond motifs is 21. The van der Waals surface area contributed by atoms with E-state index in [2.05, 4.69) is 278 Å². The van der Waals surface area contributed by atoms with Crippen LogP contribution in [0.1, 0.15) is 92.4 Å². The third-order valence-electron chi connectivity index (χ3n) is 21.6. The Balaban J connectivity index is 0.000000113. The van der Waals surface area contributed by atoms with Gasteiger partial charge in [0.2, 0.25) is 0 Å². The smallest absolute Gasteiger partial charge is 0.141 e. The van der Waals surface area contributed by atoms with Crippen molar-refractivity contribution in [2.45, 2.75) is 85.0 Å². The Bertz CT molecular complexity index is 6220. The zero-order valence-electron chi connectivity index (χ0n) is 60.5. The van der Waals surface area contributed by atoms with Crippen LogP contribution in [-0.4, -0.2) is 41.1 Å². The molecule has 0 radical (unpaired) electrons. The number of pyridine rings is 4. The highest BCUT2D eigenvalue weighted by Crippen LogP contribution is 2.60. The normalized spacial score (nSPS) is 13.8. The van der Waals surface area contributed by atoms with Crippen LogP contribution < -0.4 is 4.74 Å². The second-order valence-corrected chi connectivity index (χ2v) is 31.5. The quantitative estimate of drug-likeness (QED) is 0.162. The SMILES string of the molecule is CC1(C)c2ccccc2-c2nccnc2-c2ccc3c(-c4cccnc4)c(-c4cccnc4)sc3c21.CCc1nc2ccc3c(c2s1)C(C)(C)c1cnccc1-c1c(-c2ccccc2)ccc(-c2ccccc2)c1-3.Cc1cnc(-c2cc3c(c4c2N=CC4(C)C)Oc2ccccc2-c2ccccc2-3)c(C)c1. The van der Waals surface area contributed by atoms with E-state index in [1.807, 2.05) is 84.3 Å². The third-order valence-corrected chi connectivity index (χ3v) is 24.1. The Morgan fingerprint density at radius 3 is 1.67 bits per heavy atom. The second kappa shape index (κ2) is 26.0. The predicted molar refractivity (Wildman–Crippen MR) is 439 cm³/mol. The average molecular weight is 1410 g/mol. The van der Waals surface area contributed by atoms with Crippen LogP contribution in [0.25, 0.3) is 142 Å². The molecular formula is C95H74N8OS2. The van der Waals surface area contributed by atoms with Crippen molar-refractivity contribution in [3.8, 4) is 134 Å². The highest BCUT2D eigenvalue weighted by molar-refractivity contribution is 7.23. The van der Waals surface area contributed by atoms with Crippen molar-refractivity contribution < 1.29 is 4.74 Å². The van der Waals surface area contributed by atoms with E-state index >= 15 is 0 Å². The summed E-state index contributed by atoms with van der Waals surface area (Å²) in [4.78, 5) is 39.1. The molecule has 0 saturated carbocycles. The van der Waals surface area contributed by atoms with Crippen molar-refractivity contribution in [1.82, 2.24) is 34.9 Å². The molecule has 106 heavy (non-hydrogen) atoms. The lowest BCUT2D eigenvalue weighted by atomic mass is 9.75. The summed E-state index contributed by atoms with van der Waals surface area (Å²) in [7, 11) is 0. The molecule has 20 rings (SSSR count). The summed E-state index contributed by atoms with van der Waals surface area (Å²) in [5.41, 5.74) is 34.1. The topological polar surface area (TPSA) is 112 Å². The molecule has 0 spiro atoms. The van der Waals surface area contributed by atoms with Crippen LogP contribution in [0, 0.1) is 13.8 Å². The molecule has 4 aliphatic rings. The minimum Gasteiger partial charge on any atom is -0.456 e. The van der Waals surface area contributed by atoms with E-state index in [-0.39, 0.29) is 16.2 Å². The van der Waals surface area contributed by atoms with Crippen molar-refractivity contribution in [3.63, 3.8) is 0 Å². The fourth-order valence-corrected chi connectivity index (χ4v) is 19.5. The van der Waals surface area contributed by atoms with E-state index in [4.69, 9.17) is 29.7 Å². The fourth-order valence-electron chi connectivity index (χ4n) is 16.7. The molecule has 0 atom stereocenters. The standard InChI is InChI=1S/C35H28N2S.C31H22N4S.C29H24N2O/c1-4-30-37-29-18-17-27-32-25(23-13-9-6-10-14-23)16-15-24(22-11-7-5-8-12-22)31(32)26-19-20-36-21-28(26)35(2,3)33(27)34(29)38-30;1-31(2)24-10-4-3-9-21(24)27-28(35-16-15-34-27)23-12-11-22-25(19-7-5-13-32-17-19)29(36-30(22)26(23)31)20-8-6-14-33-18-20;1-17-13-18(2)26(30-15-17)23-14-22-20-10-6-5-9-19(20)21-11-7-8-12-24(21)32-28(22)25-27(23)31-16-29(25,3)4/h5-21H,4H2,1-3H3;3-18H,1-2H3;5-16H,1-4H3. The first-order valence-electron chi connectivity index (χ1n) is 36.2. The van der Waals surface area contributed by atoms with Gasteiger partial charge in [-0.25, -0.2) is 4.98 Å². The zero-order valence-corrected chi connectivity index (χ0v) is 62.1. The first kappa shape index (κ1) is 66.0. The lowest BCUT2D eigenvalue weighted by molar-refractivity contribution is 0.475. The van der Waals surface area contributed by atoms with Gasteiger partial charge in [0.05, 0.1) is 38.0 Å². The molecular weight excluding hydrogens is 1330 g/mol. The number of thiazole rings is 1. The lowest BCUT2D eigenvalue weighted by Crippen LogP contribution is -2.20. The summed E-state index contributed by atoms with van der Waals surface area (Å²) in [6, 6.07) is 75.6. The number of aromatic nitrogens is 7. The molecule has 0 unspecified atom stereocenters. The number of aryl methyl sites for hydroxylation is 3. The van der Waals surface area contributed by atoms with E-state index in [0.717, 1.165) is 102 Å². The molecule has 7 aromatic heterocycles. The number of hydrogen-bond acceptors (Lipinski definition) is 11. The minimum absolute atomic E-state index is 0.248. The van der Waals surface area contributed by atoms with Crippen LogP contribution in [0.4, 0.5) is 5.69 Å². The summed E-state index contributed by atoms with van der Waals surface area (Å²) < 4.78 is 9.26. The fraction of sp³-hybridized carbons (Fsp3) is 0.137. The van der Waals surface area contributed by atoms with Crippen molar-refractivity contribution in [2.24, 2.45) is 4.99 Å². The summed E-state index contributed by atoms with van der Waals surface area (Å²) in [6.07, 6.45) is 20.1. The number of rotatable bonds is 6. The molecule has 2 aliphatic heterocycles. The molecule has 0 N–H and O–H groups in total. The van der Waals surface area contributed by atoms with Crippen LogP contribution in [0.15, 0.2) is 273 Å². The molecule has 0 saturated heterocycles. The van der Waals surface area contributed by atoms with E-state index < -0.39 is 0 Å². The number of aliphatic imine (C=N–C) groups is 1. The van der Waals surface area contributed by atoms with Gasteiger partial charge < -0.3 is 4.74 Å². The number of thiophene rings is 1. The maximum absolute atomic E-state index is 6.70. The van der Waals surface area contributed by atoms with Gasteiger partial charge in [0.15, 0.2) is 0 Å². The highest BCUT2D eigenvalue weighted by atomic mass is 32.1. The van der Waals surface area contributed by atoms with Gasteiger partial charge in [0, 0.05) is 143 Å². The lowest BCUT2D eigenvalue weighted by Gasteiger charge is -2.28. The molecule has 512 valence electrons. The summed E-state index contributed by atoms with van der Waals surface area (Å²) in [5, 5.41) is 2.41. The molecule has 16 aromatic rings. The maximum Gasteiger partial charge on any atom is 0.141 e. The van der Waals surface area contributed by atoms with Crippen LogP contribution in [0.2, 0.25) is 0 Å². The van der Waals surface area contributed by atoms with Gasteiger partial charge in [0.25, 0.3) is 0 Å². The van der Waals surface area contributed by atoms with Crippen molar-refractivity contribution in [1.29, 1.82) is 0 Å². The van der Waals surface area contributed by atoms with E-state index in [0.29, 0.717) is 0 Å². The molecule has 2 aliphatic carbocycles. The van der Waals surface area contributed by atoms with Gasteiger partial charge in [-0.2, -0.15) is 0 Å². The van der Waals surface area contributed by atoms with Gasteiger partial charge in [-0.15, -0.1) is 22.7 Å². The molecule has 0 amide bonds. The number of nitrogens with zero attached hydrogens (tertiary/aromatic N) is 8. The Morgan fingerprint density at radius 2 is 0.981 bits per heavy atom. The van der Waals surface area contributed by atoms with Crippen molar-refractivity contribution in [3.05, 3.63) is 312 Å². The van der Waals surface area contributed by atoms with E-state index in [1.54, 1.807) is 12.4 Å². The molecule has 11 heteroatoms. The number of benzene rings is 9. The average Bonchev–Trinajstić information content (AvgIpc) is 1.56. The Morgan fingerprint density at radius 1 is 0.396 bits per heavy atom. The van der Waals surface area contributed by atoms with Gasteiger partial charge in [-0.05, 0) is 146 Å². The molecule has 9 heterocycles. The Labute approximate surface area is 625 Å². The van der Waals surface area contributed by atoms with E-state index in [9.17, 15) is 0 Å². The summed E-state index contributed by atoms with van der Waals surface area (Å²) in [5.74, 6) is 1.77. The van der Waals surface area contributed by atoms with Crippen LogP contribution >= 0.6 is 22.7 Å². The summed E-state index contributed by atoms with van der Waals surface area (Å²) >= 11 is 3.67. The number of hydrogen-bond donors (Lipinski definition) is 0. The molecule has 0 bridgehead atoms. The monoisotopic (exact) mass is 1410 g/mol. The van der Waals surface area contributed by atoms with Crippen LogP contribution in [0.5, 0.6) is 11.5 Å². The summed E-state index contributed by atoms with van der Waals surface area (Å²) in [6.45, 7) is 20.1. The highest BCUT2D eigenvalue weighted by Gasteiger charge is 2.41. The molecule has 9 nitrogen and oxygen atoms in total. The van der Waals surface area contributed by atoms with Gasteiger partial charge in [0.1, 0.15) is 11.5 Å². The minimum atomic E-state index is -0.267. The molecule has 0 fully saturated rings. The maximum atomic E-state index is 6.70. The van der Waals surface area contributed by atoms with Crippen molar-refractivity contribution in [2.75, 3.05) is 0 Å².